The van der Waals surface area contributed by atoms with E-state index in [1.807, 2.05) is 17.9 Å². The topological polar surface area (TPSA) is 41.3 Å². The van der Waals surface area contributed by atoms with Gasteiger partial charge in [-0.15, -0.1) is 0 Å². The Kier molecular flexibility index (Phi) is 3.61. The highest BCUT2D eigenvalue weighted by molar-refractivity contribution is 5.00. The van der Waals surface area contributed by atoms with Crippen LogP contribution in [0.1, 0.15) is 25.5 Å². The van der Waals surface area contributed by atoms with Gasteiger partial charge in [-0.2, -0.15) is 5.10 Å². The molecule has 1 aliphatic rings. The fourth-order valence-electron chi connectivity index (χ4n) is 2.40. The van der Waals surface area contributed by atoms with Gasteiger partial charge in [0.05, 0.1) is 5.69 Å². The van der Waals surface area contributed by atoms with E-state index >= 15 is 0 Å². The van der Waals surface area contributed by atoms with Gasteiger partial charge < -0.3 is 5.11 Å². The van der Waals surface area contributed by atoms with Gasteiger partial charge in [-0.05, 0) is 31.7 Å². The average Bonchev–Trinajstić information content (AvgIpc) is 2.68. The normalized spacial score (nSPS) is 27.2. The lowest BCUT2D eigenvalue weighted by atomic mass is 9.94. The first kappa shape index (κ1) is 11.6. The van der Waals surface area contributed by atoms with Crippen LogP contribution in [0.4, 0.5) is 0 Å². The summed E-state index contributed by atoms with van der Waals surface area (Å²) in [6.45, 7) is 4.52. The molecular formula is C12H21N3O. The minimum absolute atomic E-state index is 0.314. The number of hydrogen-bond donors (Lipinski definition) is 1. The van der Waals surface area contributed by atoms with Crippen molar-refractivity contribution >= 4 is 0 Å². The molecule has 1 fully saturated rings. The van der Waals surface area contributed by atoms with Crippen LogP contribution in [0.15, 0.2) is 12.3 Å². The molecule has 4 nitrogen and oxygen atoms in total. The highest BCUT2D eigenvalue weighted by Gasteiger charge is 2.25. The van der Waals surface area contributed by atoms with Crippen molar-refractivity contribution < 1.29 is 5.11 Å². The minimum atomic E-state index is 0.314. The van der Waals surface area contributed by atoms with E-state index in [1.165, 1.54) is 12.1 Å². The molecule has 1 aromatic rings. The summed E-state index contributed by atoms with van der Waals surface area (Å²) in [5.74, 6) is 0.449. The summed E-state index contributed by atoms with van der Waals surface area (Å²) in [6.07, 6.45) is 4.18. The third-order valence-electron chi connectivity index (χ3n) is 3.65. The number of aryl methyl sites for hydroxylation is 1. The molecule has 1 N–H and O–H groups in total. The zero-order valence-electron chi connectivity index (χ0n) is 10.1. The first-order chi connectivity index (χ1) is 7.70. The predicted molar refractivity (Wildman–Crippen MR) is 62.9 cm³/mol. The molecule has 0 saturated carbocycles. The number of rotatable bonds is 3. The summed E-state index contributed by atoms with van der Waals surface area (Å²) >= 11 is 0. The van der Waals surface area contributed by atoms with Crippen LogP contribution in [0.2, 0.25) is 0 Å². The first-order valence-corrected chi connectivity index (χ1v) is 6.02. The smallest absolute Gasteiger partial charge is 0.0521 e. The maximum atomic E-state index is 9.23. The molecular weight excluding hydrogens is 202 g/mol. The van der Waals surface area contributed by atoms with Crippen LogP contribution in [0.5, 0.6) is 0 Å². The van der Waals surface area contributed by atoms with Gasteiger partial charge in [0, 0.05) is 39.0 Å². The summed E-state index contributed by atoms with van der Waals surface area (Å²) in [7, 11) is 1.98. The van der Waals surface area contributed by atoms with Gasteiger partial charge in [-0.1, -0.05) is 0 Å². The quantitative estimate of drug-likeness (QED) is 0.831. The molecule has 0 radical (unpaired) electrons. The summed E-state index contributed by atoms with van der Waals surface area (Å²) < 4.78 is 1.93. The molecule has 2 unspecified atom stereocenters. The maximum Gasteiger partial charge on any atom is 0.0521 e. The predicted octanol–water partition coefficient (Wildman–Crippen LogP) is 1.01. The van der Waals surface area contributed by atoms with Crippen LogP contribution in [-0.4, -0.2) is 39.0 Å². The maximum absolute atomic E-state index is 9.23. The Morgan fingerprint density at radius 2 is 2.31 bits per heavy atom. The number of hydrogen-bond acceptors (Lipinski definition) is 3. The van der Waals surface area contributed by atoms with Gasteiger partial charge in [0.25, 0.3) is 0 Å². The van der Waals surface area contributed by atoms with Crippen LogP contribution < -0.4 is 0 Å². The SMILES string of the molecule is CC1CCC(CO)CN1Cc1ccnn1C. The molecule has 2 heterocycles. The van der Waals surface area contributed by atoms with E-state index in [4.69, 9.17) is 0 Å². The standard InChI is InChI=1S/C12H21N3O/c1-10-3-4-11(9-16)7-15(10)8-12-5-6-13-14(12)2/h5-6,10-11,16H,3-4,7-9H2,1-2H3. The van der Waals surface area contributed by atoms with Gasteiger partial charge >= 0.3 is 0 Å². The highest BCUT2D eigenvalue weighted by atomic mass is 16.3. The van der Waals surface area contributed by atoms with E-state index in [9.17, 15) is 5.11 Å². The second-order valence-corrected chi connectivity index (χ2v) is 4.85. The average molecular weight is 223 g/mol. The van der Waals surface area contributed by atoms with E-state index in [1.54, 1.807) is 0 Å². The third kappa shape index (κ3) is 2.44. The molecule has 1 aromatic heterocycles. The molecule has 16 heavy (non-hydrogen) atoms. The van der Waals surface area contributed by atoms with Crippen molar-refractivity contribution in [3.8, 4) is 0 Å². The van der Waals surface area contributed by atoms with Crippen molar-refractivity contribution in [2.75, 3.05) is 13.2 Å². The fraction of sp³-hybridized carbons (Fsp3) is 0.750. The number of nitrogens with zero attached hydrogens (tertiary/aromatic N) is 3. The Morgan fingerprint density at radius 1 is 1.50 bits per heavy atom. The van der Waals surface area contributed by atoms with Crippen molar-refractivity contribution in [2.45, 2.75) is 32.4 Å². The van der Waals surface area contributed by atoms with Crippen molar-refractivity contribution in [3.63, 3.8) is 0 Å². The lowest BCUT2D eigenvalue weighted by Gasteiger charge is -2.37. The summed E-state index contributed by atoms with van der Waals surface area (Å²) in [4.78, 5) is 2.45. The van der Waals surface area contributed by atoms with Crippen LogP contribution in [-0.2, 0) is 13.6 Å². The van der Waals surface area contributed by atoms with Crippen molar-refractivity contribution in [2.24, 2.45) is 13.0 Å². The monoisotopic (exact) mass is 223 g/mol. The molecule has 0 bridgehead atoms. The van der Waals surface area contributed by atoms with Gasteiger partial charge in [-0.25, -0.2) is 0 Å². The Morgan fingerprint density at radius 3 is 2.94 bits per heavy atom. The molecule has 90 valence electrons. The van der Waals surface area contributed by atoms with Crippen LogP contribution in [0.3, 0.4) is 0 Å². The highest BCUT2D eigenvalue weighted by Crippen LogP contribution is 2.23. The molecule has 0 spiro atoms. The van der Waals surface area contributed by atoms with E-state index in [-0.39, 0.29) is 0 Å². The van der Waals surface area contributed by atoms with Crippen LogP contribution >= 0.6 is 0 Å². The summed E-state index contributed by atoms with van der Waals surface area (Å²) in [6, 6.07) is 2.67. The van der Waals surface area contributed by atoms with Crippen LogP contribution in [0.25, 0.3) is 0 Å². The fourth-order valence-corrected chi connectivity index (χ4v) is 2.40. The van der Waals surface area contributed by atoms with Gasteiger partial charge in [0.2, 0.25) is 0 Å². The second-order valence-electron chi connectivity index (χ2n) is 4.85. The Labute approximate surface area is 96.9 Å². The zero-order valence-corrected chi connectivity index (χ0v) is 10.1. The lowest BCUT2D eigenvalue weighted by Crippen LogP contribution is -2.42. The van der Waals surface area contributed by atoms with E-state index in [0.29, 0.717) is 18.6 Å². The lowest BCUT2D eigenvalue weighted by molar-refractivity contribution is 0.0753. The summed E-state index contributed by atoms with van der Waals surface area (Å²) in [5, 5.41) is 13.4. The van der Waals surface area contributed by atoms with Crippen molar-refractivity contribution in [3.05, 3.63) is 18.0 Å². The molecule has 0 aliphatic carbocycles. The Hall–Kier alpha value is -0.870. The molecule has 2 atom stereocenters. The van der Waals surface area contributed by atoms with Gasteiger partial charge in [0.15, 0.2) is 0 Å². The second kappa shape index (κ2) is 4.97. The number of aliphatic hydroxyl groups is 1. The molecule has 2 rings (SSSR count). The first-order valence-electron chi connectivity index (χ1n) is 6.02. The molecule has 1 saturated heterocycles. The molecule has 0 aromatic carbocycles. The van der Waals surface area contributed by atoms with Gasteiger partial charge in [-0.3, -0.25) is 9.58 Å². The van der Waals surface area contributed by atoms with E-state index in [0.717, 1.165) is 19.5 Å². The van der Waals surface area contributed by atoms with Crippen molar-refractivity contribution in [1.82, 2.24) is 14.7 Å². The number of aromatic nitrogens is 2. The van der Waals surface area contributed by atoms with Gasteiger partial charge in [0.1, 0.15) is 0 Å². The molecule has 0 amide bonds. The zero-order chi connectivity index (χ0) is 11.5. The van der Waals surface area contributed by atoms with E-state index in [2.05, 4.69) is 23.0 Å². The molecule has 4 heteroatoms. The third-order valence-corrected chi connectivity index (χ3v) is 3.65. The minimum Gasteiger partial charge on any atom is -0.396 e. The Balaban J connectivity index is 1.99. The van der Waals surface area contributed by atoms with Crippen LogP contribution in [0, 0.1) is 5.92 Å². The molecule has 1 aliphatic heterocycles. The summed E-state index contributed by atoms with van der Waals surface area (Å²) in [5.41, 5.74) is 1.24. The van der Waals surface area contributed by atoms with E-state index < -0.39 is 0 Å². The van der Waals surface area contributed by atoms with Crippen molar-refractivity contribution in [1.29, 1.82) is 0 Å². The number of aliphatic hydroxyl groups excluding tert-OH is 1. The largest absolute Gasteiger partial charge is 0.396 e. The number of piperidine rings is 1. The Bertz CT molecular complexity index is 337. The number of likely N-dealkylation sites (tertiary alicyclic amines) is 1.